The smallest absolute Gasteiger partial charge is 0.335 e. The molecule has 8 heteroatoms. The predicted molar refractivity (Wildman–Crippen MR) is 122 cm³/mol. The zero-order valence-corrected chi connectivity index (χ0v) is 18.6. The van der Waals surface area contributed by atoms with Crippen LogP contribution in [0.2, 0.25) is 5.02 Å². The van der Waals surface area contributed by atoms with Crippen molar-refractivity contribution in [1.82, 2.24) is 0 Å². The predicted octanol–water partition coefficient (Wildman–Crippen LogP) is 4.20. The van der Waals surface area contributed by atoms with Gasteiger partial charge in [0.1, 0.15) is 10.6 Å². The minimum atomic E-state index is -3.89. The number of halogens is 1. The first-order chi connectivity index (χ1) is 15.3. The van der Waals surface area contributed by atoms with E-state index in [0.717, 1.165) is 5.56 Å². The second kappa shape index (κ2) is 8.58. The fourth-order valence-corrected chi connectivity index (χ4v) is 5.40. The van der Waals surface area contributed by atoms with Crippen LogP contribution in [0.5, 0.6) is 5.75 Å². The summed E-state index contributed by atoms with van der Waals surface area (Å²) in [5.41, 5.74) is 2.96. The zero-order valence-electron chi connectivity index (χ0n) is 17.0. The number of carbonyl (C=O) groups is 1. The third kappa shape index (κ3) is 4.15. The quantitative estimate of drug-likeness (QED) is 0.581. The SMILES string of the molecule is COc1ccc(Cl)cc1S(=O)(=O)N1CCc2ccc(C#Cc3ccc(C(=O)O)cc3)cc21. The van der Waals surface area contributed by atoms with Crippen molar-refractivity contribution in [3.8, 4) is 17.6 Å². The maximum atomic E-state index is 13.4. The molecule has 0 bridgehead atoms. The molecule has 0 amide bonds. The molecule has 0 aromatic heterocycles. The molecule has 0 saturated carbocycles. The molecule has 0 atom stereocenters. The second-order valence-electron chi connectivity index (χ2n) is 7.10. The summed E-state index contributed by atoms with van der Waals surface area (Å²) in [6.45, 7) is 0.306. The minimum Gasteiger partial charge on any atom is -0.495 e. The third-order valence-electron chi connectivity index (χ3n) is 5.11. The van der Waals surface area contributed by atoms with Crippen molar-refractivity contribution in [1.29, 1.82) is 0 Å². The highest BCUT2D eigenvalue weighted by Gasteiger charge is 2.33. The van der Waals surface area contributed by atoms with Crippen LogP contribution in [0.25, 0.3) is 0 Å². The number of aromatic carboxylic acids is 1. The van der Waals surface area contributed by atoms with Gasteiger partial charge < -0.3 is 9.84 Å². The lowest BCUT2D eigenvalue weighted by molar-refractivity contribution is 0.0697. The monoisotopic (exact) mass is 467 g/mol. The molecule has 0 spiro atoms. The number of rotatable bonds is 4. The molecule has 162 valence electrons. The summed E-state index contributed by atoms with van der Waals surface area (Å²) in [4.78, 5) is 11.0. The molecular formula is C24H18ClNO5S. The first-order valence-corrected chi connectivity index (χ1v) is 11.5. The maximum Gasteiger partial charge on any atom is 0.335 e. The fraction of sp³-hybridized carbons (Fsp3) is 0.125. The van der Waals surface area contributed by atoms with E-state index < -0.39 is 16.0 Å². The van der Waals surface area contributed by atoms with Crippen LogP contribution in [0.15, 0.2) is 65.6 Å². The van der Waals surface area contributed by atoms with Gasteiger partial charge in [-0.05, 0) is 66.6 Å². The Morgan fingerprint density at radius 1 is 1.03 bits per heavy atom. The Bertz CT molecular complexity index is 1370. The highest BCUT2D eigenvalue weighted by molar-refractivity contribution is 7.93. The summed E-state index contributed by atoms with van der Waals surface area (Å²) in [5, 5.41) is 9.29. The van der Waals surface area contributed by atoms with Crippen LogP contribution in [-0.2, 0) is 16.4 Å². The normalized spacial score (nSPS) is 12.6. The molecule has 1 N–H and O–H groups in total. The molecule has 0 saturated heterocycles. The first-order valence-electron chi connectivity index (χ1n) is 9.64. The molecule has 0 aliphatic carbocycles. The van der Waals surface area contributed by atoms with E-state index in [0.29, 0.717) is 34.8 Å². The van der Waals surface area contributed by atoms with E-state index in [4.69, 9.17) is 21.4 Å². The molecule has 32 heavy (non-hydrogen) atoms. The number of benzene rings is 3. The molecule has 0 radical (unpaired) electrons. The number of hydrogen-bond donors (Lipinski definition) is 1. The number of carboxylic acids is 1. The summed E-state index contributed by atoms with van der Waals surface area (Å²) in [6, 6.07) is 16.2. The van der Waals surface area contributed by atoms with Gasteiger partial charge in [-0.25, -0.2) is 13.2 Å². The summed E-state index contributed by atoms with van der Waals surface area (Å²) >= 11 is 6.05. The van der Waals surface area contributed by atoms with Crippen molar-refractivity contribution in [3.05, 3.63) is 87.9 Å². The van der Waals surface area contributed by atoms with Crippen molar-refractivity contribution in [2.75, 3.05) is 18.0 Å². The second-order valence-corrected chi connectivity index (χ2v) is 9.37. The molecule has 6 nitrogen and oxygen atoms in total. The summed E-state index contributed by atoms with van der Waals surface area (Å²) < 4.78 is 33.4. The van der Waals surface area contributed by atoms with E-state index >= 15 is 0 Å². The van der Waals surface area contributed by atoms with Crippen molar-refractivity contribution >= 4 is 33.3 Å². The van der Waals surface area contributed by atoms with Crippen LogP contribution in [0.1, 0.15) is 27.0 Å². The Morgan fingerprint density at radius 2 is 1.72 bits per heavy atom. The van der Waals surface area contributed by atoms with Gasteiger partial charge in [-0.1, -0.05) is 29.5 Å². The highest BCUT2D eigenvalue weighted by Crippen LogP contribution is 2.37. The molecule has 3 aromatic carbocycles. The fourth-order valence-electron chi connectivity index (χ4n) is 3.49. The number of carboxylic acid groups (broad SMARTS) is 1. The van der Waals surface area contributed by atoms with Crippen LogP contribution in [0.3, 0.4) is 0 Å². The first kappa shape index (κ1) is 21.8. The van der Waals surface area contributed by atoms with Gasteiger partial charge >= 0.3 is 5.97 Å². The molecule has 1 aliphatic rings. The Kier molecular flexibility index (Phi) is 5.83. The largest absolute Gasteiger partial charge is 0.495 e. The lowest BCUT2D eigenvalue weighted by Gasteiger charge is -2.21. The molecular weight excluding hydrogens is 450 g/mol. The van der Waals surface area contributed by atoms with Crippen molar-refractivity contribution in [2.24, 2.45) is 0 Å². The van der Waals surface area contributed by atoms with Gasteiger partial charge in [0.15, 0.2) is 0 Å². The van der Waals surface area contributed by atoms with E-state index in [1.54, 1.807) is 24.3 Å². The van der Waals surface area contributed by atoms with E-state index in [1.165, 1.54) is 35.7 Å². The standard InChI is InChI=1S/C24H18ClNO5S/c1-31-22-11-10-20(25)15-23(22)32(29,30)26-13-12-18-7-6-17(14-21(18)26)3-2-16-4-8-19(9-5-16)24(27)28/h4-11,14-15H,12-13H2,1H3,(H,27,28). The molecule has 1 heterocycles. The number of methoxy groups -OCH3 is 1. The molecule has 3 aromatic rings. The summed E-state index contributed by atoms with van der Waals surface area (Å²) in [5.74, 6) is 5.23. The summed E-state index contributed by atoms with van der Waals surface area (Å²) in [7, 11) is -2.48. The minimum absolute atomic E-state index is 0.00959. The van der Waals surface area contributed by atoms with Gasteiger partial charge in [0.2, 0.25) is 0 Å². The zero-order chi connectivity index (χ0) is 22.9. The third-order valence-corrected chi connectivity index (χ3v) is 7.18. The van der Waals surface area contributed by atoms with E-state index in [9.17, 15) is 13.2 Å². The Labute approximate surface area is 191 Å². The average Bonchev–Trinajstić information content (AvgIpc) is 3.22. The lowest BCUT2D eigenvalue weighted by atomic mass is 10.1. The van der Waals surface area contributed by atoms with Crippen LogP contribution < -0.4 is 9.04 Å². The molecule has 0 fully saturated rings. The van der Waals surface area contributed by atoms with Gasteiger partial charge in [0.05, 0.1) is 18.4 Å². The highest BCUT2D eigenvalue weighted by atomic mass is 35.5. The van der Waals surface area contributed by atoms with Crippen LogP contribution in [0, 0.1) is 11.8 Å². The number of nitrogens with zero attached hydrogens (tertiary/aromatic N) is 1. The maximum absolute atomic E-state index is 13.4. The number of sulfonamides is 1. The van der Waals surface area contributed by atoms with E-state index in [2.05, 4.69) is 11.8 Å². The van der Waals surface area contributed by atoms with Crippen molar-refractivity contribution in [3.63, 3.8) is 0 Å². The number of anilines is 1. The number of fused-ring (bicyclic) bond motifs is 1. The van der Waals surface area contributed by atoms with E-state index in [-0.39, 0.29) is 16.2 Å². The van der Waals surface area contributed by atoms with Gasteiger partial charge in [0.25, 0.3) is 10.0 Å². The van der Waals surface area contributed by atoms with Gasteiger partial charge in [-0.3, -0.25) is 4.31 Å². The van der Waals surface area contributed by atoms with Crippen molar-refractivity contribution < 1.29 is 23.1 Å². The number of hydrogen-bond acceptors (Lipinski definition) is 4. The lowest BCUT2D eigenvalue weighted by Crippen LogP contribution is -2.29. The van der Waals surface area contributed by atoms with Gasteiger partial charge in [-0.15, -0.1) is 0 Å². The van der Waals surface area contributed by atoms with Gasteiger partial charge in [-0.2, -0.15) is 0 Å². The molecule has 1 aliphatic heterocycles. The number of ether oxygens (including phenoxy) is 1. The van der Waals surface area contributed by atoms with Crippen LogP contribution in [0.4, 0.5) is 5.69 Å². The summed E-state index contributed by atoms with van der Waals surface area (Å²) in [6.07, 6.45) is 0.585. The molecule has 4 rings (SSSR count). The Morgan fingerprint density at radius 3 is 2.41 bits per heavy atom. The average molecular weight is 468 g/mol. The van der Waals surface area contributed by atoms with Crippen LogP contribution in [-0.4, -0.2) is 33.1 Å². The Balaban J connectivity index is 1.68. The van der Waals surface area contributed by atoms with Gasteiger partial charge in [0, 0.05) is 22.7 Å². The topological polar surface area (TPSA) is 83.9 Å². The van der Waals surface area contributed by atoms with Crippen molar-refractivity contribution in [2.45, 2.75) is 11.3 Å². The van der Waals surface area contributed by atoms with E-state index in [1.807, 2.05) is 12.1 Å². The Hall–Kier alpha value is -3.47. The molecule has 0 unspecified atom stereocenters. The van der Waals surface area contributed by atoms with Crippen LogP contribution >= 0.6 is 11.6 Å².